The Morgan fingerprint density at radius 3 is 2.63 bits per heavy atom. The summed E-state index contributed by atoms with van der Waals surface area (Å²) < 4.78 is 51.3. The van der Waals surface area contributed by atoms with Crippen LogP contribution >= 0.6 is 11.6 Å². The first kappa shape index (κ1) is 23.7. The standard InChI is InChI=1S/C22H21ClF2N4O6/c1-29(2)21(31)9-3-12(24)10(13(25)4-9)6-34-20-11(23)5-14-19(27-20)28-22(26-14)35-16-8-33-17-15(30)7-32-18(16)17/h3-5,15-18,30H,6-8H2,1-2H3,(H,26,27,28)/t15-,16-,17?,18?/m1/s1. The van der Waals surface area contributed by atoms with E-state index in [0.29, 0.717) is 5.52 Å². The lowest BCUT2D eigenvalue weighted by molar-refractivity contribution is 0.00706. The Kier molecular flexibility index (Phi) is 6.21. The minimum Gasteiger partial charge on any atom is -0.471 e. The molecule has 2 aromatic heterocycles. The number of aliphatic hydroxyl groups is 1. The maximum atomic E-state index is 14.5. The number of benzene rings is 1. The molecular formula is C22H21ClF2N4O6. The number of carbonyl (C=O) groups is 1. The van der Waals surface area contributed by atoms with Crippen molar-refractivity contribution in [3.05, 3.63) is 46.0 Å². The first-order chi connectivity index (χ1) is 16.7. The van der Waals surface area contributed by atoms with E-state index >= 15 is 0 Å². The van der Waals surface area contributed by atoms with Crippen molar-refractivity contribution in [2.75, 3.05) is 27.3 Å². The highest BCUT2D eigenvalue weighted by atomic mass is 35.5. The number of rotatable bonds is 6. The molecule has 0 radical (unpaired) electrons. The minimum absolute atomic E-state index is 0.0828. The molecule has 4 atom stereocenters. The van der Waals surface area contributed by atoms with Crippen molar-refractivity contribution in [1.82, 2.24) is 19.9 Å². The molecule has 1 aromatic carbocycles. The van der Waals surface area contributed by atoms with E-state index in [1.54, 1.807) is 0 Å². The van der Waals surface area contributed by atoms with E-state index in [9.17, 15) is 18.7 Å². The van der Waals surface area contributed by atoms with Gasteiger partial charge in [-0.1, -0.05) is 11.6 Å². The Morgan fingerprint density at radius 1 is 1.20 bits per heavy atom. The summed E-state index contributed by atoms with van der Waals surface area (Å²) in [6, 6.07) is 3.53. The Morgan fingerprint density at radius 2 is 1.91 bits per heavy atom. The van der Waals surface area contributed by atoms with Crippen LogP contribution in [0.4, 0.5) is 8.78 Å². The second kappa shape index (κ2) is 9.19. The van der Waals surface area contributed by atoms with E-state index in [2.05, 4.69) is 15.0 Å². The number of H-pyrrole nitrogens is 1. The molecule has 0 spiro atoms. The predicted molar refractivity (Wildman–Crippen MR) is 118 cm³/mol. The Labute approximate surface area is 202 Å². The molecule has 13 heteroatoms. The van der Waals surface area contributed by atoms with Crippen LogP contribution in [-0.4, -0.2) is 82.6 Å². The number of hydrogen-bond acceptors (Lipinski definition) is 8. The van der Waals surface area contributed by atoms with Gasteiger partial charge in [0, 0.05) is 19.7 Å². The van der Waals surface area contributed by atoms with Crippen molar-refractivity contribution in [2.45, 2.75) is 31.0 Å². The molecule has 186 valence electrons. The molecule has 2 fully saturated rings. The van der Waals surface area contributed by atoms with Gasteiger partial charge in [-0.15, -0.1) is 0 Å². The van der Waals surface area contributed by atoms with Crippen LogP contribution in [0.25, 0.3) is 11.2 Å². The Balaban J connectivity index is 1.31. The van der Waals surface area contributed by atoms with Gasteiger partial charge in [-0.2, -0.15) is 9.97 Å². The minimum atomic E-state index is -0.931. The number of nitrogens with zero attached hydrogens (tertiary/aromatic N) is 3. The molecule has 10 nitrogen and oxygen atoms in total. The summed E-state index contributed by atoms with van der Waals surface area (Å²) in [5.41, 5.74) is 0.157. The molecular weight excluding hydrogens is 490 g/mol. The van der Waals surface area contributed by atoms with Gasteiger partial charge < -0.3 is 33.9 Å². The van der Waals surface area contributed by atoms with Crippen molar-refractivity contribution >= 4 is 28.7 Å². The van der Waals surface area contributed by atoms with Gasteiger partial charge in [0.25, 0.3) is 11.9 Å². The molecule has 0 saturated carbocycles. The molecule has 3 aromatic rings. The largest absolute Gasteiger partial charge is 0.471 e. The van der Waals surface area contributed by atoms with Crippen molar-refractivity contribution in [1.29, 1.82) is 0 Å². The topological polar surface area (TPSA) is 119 Å². The Hall–Kier alpha value is -3.06. The number of aromatic amines is 1. The van der Waals surface area contributed by atoms with Gasteiger partial charge in [0.05, 0.1) is 24.3 Å². The second-order valence-corrected chi connectivity index (χ2v) is 8.82. The maximum absolute atomic E-state index is 14.5. The first-order valence-corrected chi connectivity index (χ1v) is 11.1. The van der Waals surface area contributed by atoms with Crippen molar-refractivity contribution in [3.8, 4) is 11.9 Å². The van der Waals surface area contributed by atoms with Crippen LogP contribution in [0.5, 0.6) is 11.9 Å². The van der Waals surface area contributed by atoms with Gasteiger partial charge in [0.15, 0.2) is 11.8 Å². The van der Waals surface area contributed by atoms with Crippen molar-refractivity contribution in [3.63, 3.8) is 0 Å². The molecule has 5 rings (SSSR count). The first-order valence-electron chi connectivity index (χ1n) is 10.7. The molecule has 2 aliphatic heterocycles. The summed E-state index contributed by atoms with van der Waals surface area (Å²) in [5, 5.41) is 9.94. The molecule has 2 N–H and O–H groups in total. The SMILES string of the molecule is CN(C)C(=O)c1cc(F)c(COc2nc3nc(O[C@@H]4COC5C4OC[C@H]5O)[nH]c3cc2Cl)c(F)c1. The number of halogens is 3. The van der Waals surface area contributed by atoms with E-state index in [-0.39, 0.29) is 46.9 Å². The molecule has 2 saturated heterocycles. The average Bonchev–Trinajstić information content (AvgIpc) is 3.49. The number of imidazole rings is 1. The van der Waals surface area contributed by atoms with E-state index in [4.69, 9.17) is 30.5 Å². The van der Waals surface area contributed by atoms with Crippen LogP contribution in [0.2, 0.25) is 5.02 Å². The number of carbonyl (C=O) groups excluding carboxylic acids is 1. The third-order valence-corrected chi connectivity index (χ3v) is 6.04. The second-order valence-electron chi connectivity index (χ2n) is 8.41. The zero-order chi connectivity index (χ0) is 24.9. The normalized spacial score (nSPS) is 23.5. The summed E-state index contributed by atoms with van der Waals surface area (Å²) in [4.78, 5) is 24.6. The summed E-state index contributed by atoms with van der Waals surface area (Å²) in [7, 11) is 2.96. The van der Waals surface area contributed by atoms with Crippen LogP contribution in [0.3, 0.4) is 0 Å². The monoisotopic (exact) mass is 510 g/mol. The quantitative estimate of drug-likeness (QED) is 0.517. The molecule has 4 heterocycles. The predicted octanol–water partition coefficient (Wildman–Crippen LogP) is 2.08. The van der Waals surface area contributed by atoms with Crippen LogP contribution in [0.15, 0.2) is 18.2 Å². The van der Waals surface area contributed by atoms with Crippen LogP contribution in [0, 0.1) is 11.6 Å². The lowest BCUT2D eigenvalue weighted by Crippen LogP contribution is -2.34. The van der Waals surface area contributed by atoms with Gasteiger partial charge in [-0.25, -0.2) is 8.78 Å². The van der Waals surface area contributed by atoms with Gasteiger partial charge in [-0.3, -0.25) is 4.79 Å². The number of aromatic nitrogens is 3. The zero-order valence-electron chi connectivity index (χ0n) is 18.6. The number of amides is 1. The molecule has 0 bridgehead atoms. The van der Waals surface area contributed by atoms with Gasteiger partial charge in [-0.05, 0) is 18.2 Å². The van der Waals surface area contributed by atoms with Gasteiger partial charge >= 0.3 is 0 Å². The number of nitrogens with one attached hydrogen (secondary N) is 1. The fourth-order valence-electron chi connectivity index (χ4n) is 3.99. The third kappa shape index (κ3) is 4.49. The van der Waals surface area contributed by atoms with Crippen LogP contribution in [0.1, 0.15) is 15.9 Å². The van der Waals surface area contributed by atoms with Crippen molar-refractivity contribution < 1.29 is 37.6 Å². The van der Waals surface area contributed by atoms with Gasteiger partial charge in [0.1, 0.15) is 41.6 Å². The third-order valence-electron chi connectivity index (χ3n) is 5.77. The molecule has 35 heavy (non-hydrogen) atoms. The number of hydrogen-bond donors (Lipinski definition) is 2. The smallest absolute Gasteiger partial charge is 0.296 e. The number of aliphatic hydroxyl groups excluding tert-OH is 1. The lowest BCUT2D eigenvalue weighted by atomic mass is 10.1. The number of pyridine rings is 1. The highest BCUT2D eigenvalue weighted by Gasteiger charge is 2.48. The van der Waals surface area contributed by atoms with E-state index in [0.717, 1.165) is 12.1 Å². The lowest BCUT2D eigenvalue weighted by Gasteiger charge is -2.15. The number of ether oxygens (including phenoxy) is 4. The van der Waals surface area contributed by atoms with E-state index in [1.165, 1.54) is 25.1 Å². The molecule has 1 amide bonds. The zero-order valence-corrected chi connectivity index (χ0v) is 19.4. The highest BCUT2D eigenvalue weighted by Crippen LogP contribution is 2.31. The fraction of sp³-hybridized carbons (Fsp3) is 0.409. The Bertz CT molecular complexity index is 1270. The summed E-state index contributed by atoms with van der Waals surface area (Å²) >= 11 is 6.24. The van der Waals surface area contributed by atoms with E-state index in [1.807, 2.05) is 0 Å². The maximum Gasteiger partial charge on any atom is 0.296 e. The molecule has 0 aliphatic carbocycles. The van der Waals surface area contributed by atoms with Crippen molar-refractivity contribution in [2.24, 2.45) is 0 Å². The molecule has 2 aliphatic rings. The highest BCUT2D eigenvalue weighted by molar-refractivity contribution is 6.32. The summed E-state index contributed by atoms with van der Waals surface area (Å²) in [5.74, 6) is -2.48. The van der Waals surface area contributed by atoms with Gasteiger partial charge in [0.2, 0.25) is 5.88 Å². The fourth-order valence-corrected chi connectivity index (χ4v) is 4.19. The summed E-state index contributed by atoms with van der Waals surface area (Å²) in [6.45, 7) is -0.118. The summed E-state index contributed by atoms with van der Waals surface area (Å²) in [6.07, 6.45) is -2.05. The van der Waals surface area contributed by atoms with Crippen LogP contribution < -0.4 is 9.47 Å². The van der Waals surface area contributed by atoms with Crippen LogP contribution in [-0.2, 0) is 16.1 Å². The number of fused-ring (bicyclic) bond motifs is 2. The molecule has 2 unspecified atom stereocenters. The van der Waals surface area contributed by atoms with E-state index < -0.39 is 48.6 Å². The average molecular weight is 511 g/mol.